The summed E-state index contributed by atoms with van der Waals surface area (Å²) >= 11 is 0. The molecule has 2 N–H and O–H groups in total. The molecule has 4 heteroatoms. The molecule has 0 atom stereocenters. The molecule has 4 nitrogen and oxygen atoms in total. The average molecular weight is 166 g/mol. The highest BCUT2D eigenvalue weighted by molar-refractivity contribution is 5.76. The standard InChI is InChI=1S/C8H10N2O2/c1-5-6-4-10-12-8(6)11-7(5)2-3-9/h4H,2-3,9H2,1H3. The molecule has 0 radical (unpaired) electrons. The van der Waals surface area contributed by atoms with Crippen LogP contribution in [0.3, 0.4) is 0 Å². The monoisotopic (exact) mass is 166 g/mol. The van der Waals surface area contributed by atoms with Gasteiger partial charge in [-0.15, -0.1) is 0 Å². The summed E-state index contributed by atoms with van der Waals surface area (Å²) in [6.45, 7) is 2.57. The van der Waals surface area contributed by atoms with Gasteiger partial charge in [-0.1, -0.05) is 5.16 Å². The summed E-state index contributed by atoms with van der Waals surface area (Å²) in [5.74, 6) is 1.39. The number of nitrogens with zero attached hydrogens (tertiary/aromatic N) is 1. The molecule has 0 unspecified atom stereocenters. The van der Waals surface area contributed by atoms with Crippen LogP contribution in [-0.2, 0) is 6.42 Å². The van der Waals surface area contributed by atoms with Crippen LogP contribution in [0.25, 0.3) is 11.2 Å². The zero-order valence-electron chi connectivity index (χ0n) is 6.83. The number of fused-ring (bicyclic) bond motifs is 1. The van der Waals surface area contributed by atoms with Crippen molar-refractivity contribution in [3.8, 4) is 0 Å². The van der Waals surface area contributed by atoms with E-state index in [4.69, 9.17) is 14.7 Å². The lowest BCUT2D eigenvalue weighted by molar-refractivity contribution is 0.376. The van der Waals surface area contributed by atoms with E-state index in [1.807, 2.05) is 6.92 Å². The van der Waals surface area contributed by atoms with Crippen LogP contribution in [0.5, 0.6) is 0 Å². The van der Waals surface area contributed by atoms with Gasteiger partial charge in [-0.2, -0.15) is 0 Å². The molecule has 2 heterocycles. The van der Waals surface area contributed by atoms with Crippen molar-refractivity contribution in [1.82, 2.24) is 5.16 Å². The van der Waals surface area contributed by atoms with Gasteiger partial charge in [-0.05, 0) is 13.5 Å². The predicted molar refractivity (Wildman–Crippen MR) is 43.8 cm³/mol. The Labute approximate surface area is 69.3 Å². The largest absolute Gasteiger partial charge is 0.428 e. The highest BCUT2D eigenvalue weighted by Gasteiger charge is 2.12. The van der Waals surface area contributed by atoms with Crippen LogP contribution in [0, 0.1) is 6.92 Å². The number of nitrogens with two attached hydrogens (primary N) is 1. The Morgan fingerprint density at radius 3 is 3.08 bits per heavy atom. The number of furan rings is 1. The summed E-state index contributed by atoms with van der Waals surface area (Å²) in [6, 6.07) is 0. The van der Waals surface area contributed by atoms with E-state index in [9.17, 15) is 0 Å². The van der Waals surface area contributed by atoms with E-state index in [2.05, 4.69) is 5.16 Å². The first-order valence-electron chi connectivity index (χ1n) is 3.85. The minimum absolute atomic E-state index is 0.496. The summed E-state index contributed by atoms with van der Waals surface area (Å²) in [7, 11) is 0. The molecule has 12 heavy (non-hydrogen) atoms. The van der Waals surface area contributed by atoms with Gasteiger partial charge in [0.05, 0.1) is 11.6 Å². The highest BCUT2D eigenvalue weighted by Crippen LogP contribution is 2.24. The lowest BCUT2D eigenvalue weighted by Crippen LogP contribution is -2.02. The van der Waals surface area contributed by atoms with Crippen molar-refractivity contribution >= 4 is 11.2 Å². The average Bonchev–Trinajstić information content (AvgIpc) is 2.58. The Bertz CT molecular complexity index is 389. The van der Waals surface area contributed by atoms with Crippen LogP contribution in [-0.4, -0.2) is 11.7 Å². The molecule has 0 aromatic carbocycles. The lowest BCUT2D eigenvalue weighted by Gasteiger charge is -1.92. The fraction of sp³-hybridized carbons (Fsp3) is 0.375. The molecule has 2 rings (SSSR count). The molecule has 0 saturated carbocycles. The van der Waals surface area contributed by atoms with E-state index < -0.39 is 0 Å². The fourth-order valence-corrected chi connectivity index (χ4v) is 1.26. The van der Waals surface area contributed by atoms with Crippen LogP contribution < -0.4 is 5.73 Å². The molecule has 0 bridgehead atoms. The van der Waals surface area contributed by atoms with Crippen LogP contribution >= 0.6 is 0 Å². The van der Waals surface area contributed by atoms with E-state index in [-0.39, 0.29) is 0 Å². The second-order valence-electron chi connectivity index (χ2n) is 2.72. The molecule has 0 aliphatic rings. The molecule has 64 valence electrons. The van der Waals surface area contributed by atoms with Gasteiger partial charge in [0.15, 0.2) is 0 Å². The number of hydrogen-bond acceptors (Lipinski definition) is 4. The van der Waals surface area contributed by atoms with Gasteiger partial charge in [0.1, 0.15) is 5.76 Å². The maximum Gasteiger partial charge on any atom is 0.323 e. The van der Waals surface area contributed by atoms with Gasteiger partial charge in [0.25, 0.3) is 0 Å². The molecule has 0 aliphatic carbocycles. The van der Waals surface area contributed by atoms with Crippen LogP contribution in [0.1, 0.15) is 11.3 Å². The van der Waals surface area contributed by atoms with Gasteiger partial charge < -0.3 is 14.7 Å². The molecular formula is C8H10N2O2. The van der Waals surface area contributed by atoms with Gasteiger partial charge in [-0.25, -0.2) is 0 Å². The van der Waals surface area contributed by atoms with Crippen molar-refractivity contribution in [3.05, 3.63) is 17.5 Å². The number of hydrogen-bond donors (Lipinski definition) is 1. The lowest BCUT2D eigenvalue weighted by atomic mass is 10.2. The summed E-state index contributed by atoms with van der Waals surface area (Å²) in [5, 5.41) is 4.57. The van der Waals surface area contributed by atoms with Gasteiger partial charge in [0, 0.05) is 12.0 Å². The first-order chi connectivity index (χ1) is 5.83. The molecule has 2 aromatic rings. The van der Waals surface area contributed by atoms with E-state index in [0.29, 0.717) is 12.3 Å². The van der Waals surface area contributed by atoms with Crippen LogP contribution in [0.4, 0.5) is 0 Å². The Morgan fingerprint density at radius 1 is 1.58 bits per heavy atom. The Kier molecular flexibility index (Phi) is 1.62. The zero-order chi connectivity index (χ0) is 8.55. The van der Waals surface area contributed by atoms with Crippen molar-refractivity contribution in [2.24, 2.45) is 5.73 Å². The summed E-state index contributed by atoms with van der Waals surface area (Å²) < 4.78 is 10.2. The van der Waals surface area contributed by atoms with Gasteiger partial charge in [0.2, 0.25) is 0 Å². The third kappa shape index (κ3) is 0.921. The molecule has 2 aromatic heterocycles. The van der Waals surface area contributed by atoms with Crippen molar-refractivity contribution in [1.29, 1.82) is 0 Å². The third-order valence-corrected chi connectivity index (χ3v) is 1.95. The van der Waals surface area contributed by atoms with Crippen LogP contribution in [0.2, 0.25) is 0 Å². The van der Waals surface area contributed by atoms with E-state index in [1.165, 1.54) is 0 Å². The van der Waals surface area contributed by atoms with Crippen molar-refractivity contribution < 1.29 is 8.94 Å². The minimum Gasteiger partial charge on any atom is -0.428 e. The Hall–Kier alpha value is -1.29. The molecule has 0 amide bonds. The zero-order valence-corrected chi connectivity index (χ0v) is 6.83. The Morgan fingerprint density at radius 2 is 2.42 bits per heavy atom. The third-order valence-electron chi connectivity index (χ3n) is 1.95. The second kappa shape index (κ2) is 2.64. The van der Waals surface area contributed by atoms with Gasteiger partial charge >= 0.3 is 5.78 Å². The maximum atomic E-state index is 5.41. The topological polar surface area (TPSA) is 65.2 Å². The molecular weight excluding hydrogens is 156 g/mol. The van der Waals surface area contributed by atoms with E-state index in [0.717, 1.165) is 23.1 Å². The smallest absolute Gasteiger partial charge is 0.323 e. The molecule has 0 spiro atoms. The first-order valence-corrected chi connectivity index (χ1v) is 3.85. The minimum atomic E-state index is 0.496. The number of aromatic nitrogens is 1. The fourth-order valence-electron chi connectivity index (χ4n) is 1.26. The molecule has 0 aliphatic heterocycles. The summed E-state index contributed by atoms with van der Waals surface area (Å²) in [5.41, 5.74) is 6.49. The van der Waals surface area contributed by atoms with Crippen molar-refractivity contribution in [3.63, 3.8) is 0 Å². The number of rotatable bonds is 2. The first kappa shape index (κ1) is 7.36. The predicted octanol–water partition coefficient (Wildman–Crippen LogP) is 1.23. The molecule has 0 fully saturated rings. The maximum absolute atomic E-state index is 5.41. The van der Waals surface area contributed by atoms with Crippen LogP contribution in [0.15, 0.2) is 15.1 Å². The van der Waals surface area contributed by atoms with Crippen molar-refractivity contribution in [2.45, 2.75) is 13.3 Å². The van der Waals surface area contributed by atoms with Crippen molar-refractivity contribution in [2.75, 3.05) is 6.54 Å². The number of aryl methyl sites for hydroxylation is 1. The SMILES string of the molecule is Cc1c(CCN)oc2oncc12. The van der Waals surface area contributed by atoms with Gasteiger partial charge in [-0.3, -0.25) is 0 Å². The highest BCUT2D eigenvalue weighted by atomic mass is 16.5. The second-order valence-corrected chi connectivity index (χ2v) is 2.72. The normalized spacial score (nSPS) is 11.2. The summed E-state index contributed by atoms with van der Waals surface area (Å²) in [4.78, 5) is 0. The van der Waals surface area contributed by atoms with E-state index >= 15 is 0 Å². The Balaban J connectivity index is 2.55. The summed E-state index contributed by atoms with van der Waals surface area (Å²) in [6.07, 6.45) is 2.41. The molecule has 0 saturated heterocycles. The van der Waals surface area contributed by atoms with E-state index in [1.54, 1.807) is 6.20 Å². The quantitative estimate of drug-likeness (QED) is 0.728.